The van der Waals surface area contributed by atoms with Crippen LogP contribution in [0.25, 0.3) is 34.2 Å². The second-order valence-electron chi connectivity index (χ2n) is 7.87. The van der Waals surface area contributed by atoms with Gasteiger partial charge in [0.1, 0.15) is 0 Å². The number of hydrogen-bond donors (Lipinski definition) is 0. The first-order chi connectivity index (χ1) is 18.4. The third-order valence-electron chi connectivity index (χ3n) is 5.54. The van der Waals surface area contributed by atoms with Gasteiger partial charge in [0, 0.05) is 0 Å². The summed E-state index contributed by atoms with van der Waals surface area (Å²) in [5, 5.41) is 0. The minimum absolute atomic E-state index is 0. The molecule has 0 N–H and O–H groups in total. The molecule has 6 aromatic heterocycles. The molecule has 6 aromatic rings. The van der Waals surface area contributed by atoms with Crippen LogP contribution in [0, 0.1) is 0 Å². The van der Waals surface area contributed by atoms with Gasteiger partial charge in [-0.1, -0.05) is 0 Å². The fraction of sp³-hybridized carbons (Fsp3) is 0. The molecule has 0 bridgehead atoms. The van der Waals surface area contributed by atoms with Crippen LogP contribution < -0.4 is 37.3 Å². The average Bonchev–Trinajstić information content (AvgIpc) is 2.99. The molecule has 0 saturated carbocycles. The zero-order valence-corrected chi connectivity index (χ0v) is 23.7. The monoisotopic (exact) mass is 637 g/mol. The summed E-state index contributed by atoms with van der Waals surface area (Å²) < 4.78 is 3.42. The number of rotatable bonds is 6. The van der Waals surface area contributed by atoms with E-state index in [1.165, 1.54) is 0 Å². The molecule has 0 aromatic carbocycles. The zero-order chi connectivity index (χ0) is 24.9. The van der Waals surface area contributed by atoms with Gasteiger partial charge in [-0.15, -0.1) is 0 Å². The molecule has 0 aliphatic rings. The Morgan fingerprint density at radius 2 is 0.641 bits per heavy atom. The van der Waals surface area contributed by atoms with E-state index in [4.69, 9.17) is 15.0 Å². The van der Waals surface area contributed by atoms with Crippen molar-refractivity contribution in [2.24, 2.45) is 0 Å². The Hall–Kier alpha value is -3.90. The van der Waals surface area contributed by atoms with E-state index in [2.05, 4.69) is 33.2 Å². The van der Waals surface area contributed by atoms with Crippen molar-refractivity contribution in [3.8, 4) is 34.2 Å². The van der Waals surface area contributed by atoms with E-state index in [0.29, 0.717) is 0 Å². The van der Waals surface area contributed by atoms with Crippen molar-refractivity contribution in [3.05, 3.63) is 128 Å². The van der Waals surface area contributed by atoms with Gasteiger partial charge in [0.2, 0.25) is 0 Å². The summed E-state index contributed by atoms with van der Waals surface area (Å²) in [5.74, 6) is 0. The SMILES string of the molecule is [Cl-].[Cl-].c1ccc(-c2nccc[c]2[Ru+2]([c]2cccnc2-c2ccccn2)[c]2cccnc2-c2ccccn2)nc1. The fourth-order valence-corrected chi connectivity index (χ4v) is 9.07. The van der Waals surface area contributed by atoms with E-state index in [9.17, 15) is 0 Å². The first-order valence-corrected chi connectivity index (χ1v) is 14.3. The van der Waals surface area contributed by atoms with Gasteiger partial charge in [-0.25, -0.2) is 0 Å². The summed E-state index contributed by atoms with van der Waals surface area (Å²) in [6.07, 6.45) is 10.9. The molecule has 0 atom stereocenters. The Kier molecular flexibility index (Phi) is 9.56. The van der Waals surface area contributed by atoms with Crippen LogP contribution in [0.4, 0.5) is 0 Å². The Balaban J connectivity index is 0.00000176. The minimum atomic E-state index is -2.31. The van der Waals surface area contributed by atoms with E-state index in [-0.39, 0.29) is 24.8 Å². The van der Waals surface area contributed by atoms with Crippen LogP contribution >= 0.6 is 0 Å². The van der Waals surface area contributed by atoms with Crippen molar-refractivity contribution in [2.75, 3.05) is 0 Å². The fourth-order valence-electron chi connectivity index (χ4n) is 3.95. The molecule has 0 saturated heterocycles. The maximum atomic E-state index is 4.83. The molecule has 0 aliphatic heterocycles. The molecule has 0 spiro atoms. The van der Waals surface area contributed by atoms with E-state index in [1.54, 1.807) is 18.6 Å². The summed E-state index contributed by atoms with van der Waals surface area (Å²) in [5.41, 5.74) is 5.12. The molecule has 0 radical (unpaired) electrons. The van der Waals surface area contributed by atoms with Crippen LogP contribution in [0.5, 0.6) is 0 Å². The van der Waals surface area contributed by atoms with Gasteiger partial charge in [-0.05, 0) is 0 Å². The molecule has 39 heavy (non-hydrogen) atoms. The molecule has 9 heteroatoms. The predicted molar refractivity (Wildman–Crippen MR) is 141 cm³/mol. The Morgan fingerprint density at radius 1 is 0.333 bits per heavy atom. The molecule has 193 valence electrons. The van der Waals surface area contributed by atoms with Crippen molar-refractivity contribution in [2.45, 2.75) is 0 Å². The summed E-state index contributed by atoms with van der Waals surface area (Å²) >= 11 is -2.31. The van der Waals surface area contributed by atoms with Crippen LogP contribution in [-0.4, -0.2) is 29.9 Å². The molecular formula is C30H21Cl2N6Ru. The van der Waals surface area contributed by atoms with Crippen LogP contribution in [0.2, 0.25) is 0 Å². The van der Waals surface area contributed by atoms with E-state index in [0.717, 1.165) is 46.6 Å². The number of hydrogen-bond acceptors (Lipinski definition) is 6. The second kappa shape index (κ2) is 13.3. The average molecular weight is 638 g/mol. The molecule has 0 unspecified atom stereocenters. The maximum absolute atomic E-state index is 4.83. The molecule has 6 heterocycles. The summed E-state index contributed by atoms with van der Waals surface area (Å²) in [6, 6.07) is 30.2. The normalized spacial score (nSPS) is 10.4. The predicted octanol–water partition coefficient (Wildman–Crippen LogP) is -2.04. The molecule has 0 aliphatic carbocycles. The zero-order valence-electron chi connectivity index (χ0n) is 20.4. The van der Waals surface area contributed by atoms with Gasteiger partial charge in [0.15, 0.2) is 0 Å². The van der Waals surface area contributed by atoms with Crippen molar-refractivity contribution in [1.82, 2.24) is 29.9 Å². The molecular weight excluding hydrogens is 616 g/mol. The Bertz CT molecular complexity index is 1440. The van der Waals surface area contributed by atoms with Gasteiger partial charge < -0.3 is 24.8 Å². The van der Waals surface area contributed by atoms with E-state index in [1.807, 2.05) is 91.4 Å². The van der Waals surface area contributed by atoms with Crippen molar-refractivity contribution in [3.63, 3.8) is 0 Å². The molecule has 0 amide bonds. The first kappa shape index (κ1) is 28.1. The molecule has 6 rings (SSSR count). The topological polar surface area (TPSA) is 77.3 Å². The number of halogens is 2. The van der Waals surface area contributed by atoms with Crippen molar-refractivity contribution >= 4 is 12.5 Å². The first-order valence-electron chi connectivity index (χ1n) is 11.7. The van der Waals surface area contributed by atoms with Crippen LogP contribution in [0.1, 0.15) is 0 Å². The van der Waals surface area contributed by atoms with E-state index >= 15 is 0 Å². The molecule has 0 fully saturated rings. The van der Waals surface area contributed by atoms with E-state index < -0.39 is 16.0 Å². The number of nitrogens with zero attached hydrogens (tertiary/aromatic N) is 6. The Labute approximate surface area is 244 Å². The van der Waals surface area contributed by atoms with Crippen LogP contribution in [0.3, 0.4) is 0 Å². The number of pyridine rings is 6. The molecule has 6 nitrogen and oxygen atoms in total. The van der Waals surface area contributed by atoms with Crippen molar-refractivity contribution < 1.29 is 40.8 Å². The Morgan fingerprint density at radius 3 is 0.923 bits per heavy atom. The van der Waals surface area contributed by atoms with Crippen LogP contribution in [0.15, 0.2) is 128 Å². The summed E-state index contributed by atoms with van der Waals surface area (Å²) in [7, 11) is 0. The summed E-state index contributed by atoms with van der Waals surface area (Å²) in [4.78, 5) is 28.4. The third kappa shape index (κ3) is 5.91. The third-order valence-corrected chi connectivity index (χ3v) is 10.5. The quantitative estimate of drug-likeness (QED) is 0.196. The standard InChI is InChI=1S/3C10H7N2.2ClH.Ru/c3*1-3-7-11-9(5-1)10-6-2-4-8-12-10;;;/h3*1-5,7-8H;2*1H;/q;;;;;+2/p-2. The van der Waals surface area contributed by atoms with Gasteiger partial charge in [0.25, 0.3) is 0 Å². The van der Waals surface area contributed by atoms with Crippen molar-refractivity contribution in [1.29, 1.82) is 0 Å². The van der Waals surface area contributed by atoms with Crippen LogP contribution in [-0.2, 0) is 16.0 Å². The number of aromatic nitrogens is 6. The van der Waals surface area contributed by atoms with Gasteiger partial charge in [0.05, 0.1) is 0 Å². The van der Waals surface area contributed by atoms with Gasteiger partial charge >= 0.3 is 221 Å². The summed E-state index contributed by atoms with van der Waals surface area (Å²) in [6.45, 7) is 0. The second-order valence-corrected chi connectivity index (χ2v) is 12.0. The van der Waals surface area contributed by atoms with Gasteiger partial charge in [-0.2, -0.15) is 0 Å². The van der Waals surface area contributed by atoms with Gasteiger partial charge in [-0.3, -0.25) is 0 Å².